The predicted molar refractivity (Wildman–Crippen MR) is 72.9 cm³/mol. The fourth-order valence-corrected chi connectivity index (χ4v) is 2.54. The van der Waals surface area contributed by atoms with Crippen molar-refractivity contribution in [3.8, 4) is 0 Å². The van der Waals surface area contributed by atoms with Gasteiger partial charge in [0.05, 0.1) is 5.52 Å². The number of benzene rings is 1. The molecule has 86 valence electrons. The highest BCUT2D eigenvalue weighted by Gasteiger charge is 2.10. The molecule has 0 bridgehead atoms. The standard InChI is InChI=1S/C15H11N3/c1-2-13-12-4-6-16-7-11(12)8-18-15(13)14-9-17-5-3-10(1)14/h1-6,8-9,16H,7H2. The number of hydrogen-bond donors (Lipinski definition) is 1. The second kappa shape index (κ2) is 3.53. The first-order chi connectivity index (χ1) is 8.93. The number of nitrogens with one attached hydrogen (secondary N) is 1. The number of rotatable bonds is 0. The van der Waals surface area contributed by atoms with Crippen molar-refractivity contribution in [2.24, 2.45) is 0 Å². The van der Waals surface area contributed by atoms with E-state index >= 15 is 0 Å². The molecular formula is C15H11N3. The molecule has 0 atom stereocenters. The van der Waals surface area contributed by atoms with Gasteiger partial charge < -0.3 is 5.32 Å². The largest absolute Gasteiger partial charge is 0.387 e. The lowest BCUT2D eigenvalue weighted by Crippen LogP contribution is -2.10. The summed E-state index contributed by atoms with van der Waals surface area (Å²) in [5.41, 5.74) is 3.55. The number of hydrogen-bond acceptors (Lipinski definition) is 3. The zero-order chi connectivity index (χ0) is 11.9. The van der Waals surface area contributed by atoms with E-state index in [1.165, 1.54) is 21.9 Å². The summed E-state index contributed by atoms with van der Waals surface area (Å²) in [4.78, 5) is 8.81. The summed E-state index contributed by atoms with van der Waals surface area (Å²) in [6, 6.07) is 6.31. The number of nitrogens with zero attached hydrogens (tertiary/aromatic N) is 2. The molecule has 1 aromatic carbocycles. The Balaban J connectivity index is 2.20. The van der Waals surface area contributed by atoms with E-state index in [0.29, 0.717) is 0 Å². The Bertz CT molecular complexity index is 790. The minimum absolute atomic E-state index is 0.847. The van der Waals surface area contributed by atoms with Crippen LogP contribution in [-0.2, 0) is 6.54 Å². The average Bonchev–Trinajstić information content (AvgIpc) is 2.46. The Kier molecular flexibility index (Phi) is 1.88. The third kappa shape index (κ3) is 1.24. The molecule has 0 saturated carbocycles. The van der Waals surface area contributed by atoms with Crippen LogP contribution in [0.15, 0.2) is 43.0 Å². The summed E-state index contributed by atoms with van der Waals surface area (Å²) in [6.07, 6.45) is 9.78. The molecule has 3 nitrogen and oxygen atoms in total. The molecule has 4 rings (SSSR count). The van der Waals surface area contributed by atoms with Gasteiger partial charge in [-0.3, -0.25) is 9.97 Å². The van der Waals surface area contributed by atoms with Crippen LogP contribution >= 0.6 is 0 Å². The molecule has 0 spiro atoms. The molecule has 3 heterocycles. The van der Waals surface area contributed by atoms with Crippen LogP contribution in [0.4, 0.5) is 0 Å². The van der Waals surface area contributed by atoms with E-state index in [2.05, 4.69) is 33.5 Å². The van der Waals surface area contributed by atoms with Crippen molar-refractivity contribution in [3.05, 3.63) is 54.1 Å². The summed E-state index contributed by atoms with van der Waals surface area (Å²) in [5.74, 6) is 0. The Morgan fingerprint density at radius 1 is 1.06 bits per heavy atom. The highest BCUT2D eigenvalue weighted by Crippen LogP contribution is 2.28. The first-order valence-electron chi connectivity index (χ1n) is 5.98. The quantitative estimate of drug-likeness (QED) is 0.607. The molecule has 0 saturated heterocycles. The van der Waals surface area contributed by atoms with Gasteiger partial charge in [-0.05, 0) is 34.9 Å². The average molecular weight is 233 g/mol. The highest BCUT2D eigenvalue weighted by atomic mass is 14.8. The topological polar surface area (TPSA) is 37.8 Å². The Morgan fingerprint density at radius 3 is 3.06 bits per heavy atom. The summed E-state index contributed by atoms with van der Waals surface area (Å²) >= 11 is 0. The fourth-order valence-electron chi connectivity index (χ4n) is 2.54. The maximum atomic E-state index is 4.61. The molecule has 0 amide bonds. The number of fused-ring (bicyclic) bond motifs is 5. The van der Waals surface area contributed by atoms with Crippen LogP contribution in [0.3, 0.4) is 0 Å². The van der Waals surface area contributed by atoms with Crippen molar-refractivity contribution in [2.75, 3.05) is 0 Å². The molecule has 2 aromatic heterocycles. The zero-order valence-electron chi connectivity index (χ0n) is 9.72. The van der Waals surface area contributed by atoms with Gasteiger partial charge in [-0.1, -0.05) is 12.1 Å². The van der Waals surface area contributed by atoms with Gasteiger partial charge in [-0.15, -0.1) is 0 Å². The molecular weight excluding hydrogens is 222 g/mol. The minimum Gasteiger partial charge on any atom is -0.387 e. The van der Waals surface area contributed by atoms with E-state index in [1.807, 2.05) is 30.9 Å². The normalized spacial score (nSPS) is 13.6. The Morgan fingerprint density at radius 2 is 2.06 bits per heavy atom. The first-order valence-corrected chi connectivity index (χ1v) is 5.98. The van der Waals surface area contributed by atoms with Crippen molar-refractivity contribution in [1.82, 2.24) is 15.3 Å². The van der Waals surface area contributed by atoms with Crippen molar-refractivity contribution in [3.63, 3.8) is 0 Å². The van der Waals surface area contributed by atoms with Gasteiger partial charge in [0.2, 0.25) is 0 Å². The third-order valence-corrected chi connectivity index (χ3v) is 3.44. The fraction of sp³-hybridized carbons (Fsp3) is 0.0667. The molecule has 3 heteroatoms. The SMILES string of the molecule is C1=Cc2c(cnc3c2ccc2ccncc23)CN1. The summed E-state index contributed by atoms with van der Waals surface area (Å²) in [5, 5.41) is 6.71. The van der Waals surface area contributed by atoms with Crippen LogP contribution in [0.5, 0.6) is 0 Å². The van der Waals surface area contributed by atoms with Crippen LogP contribution in [0, 0.1) is 0 Å². The molecule has 0 radical (unpaired) electrons. The second-order valence-electron chi connectivity index (χ2n) is 4.47. The summed E-state index contributed by atoms with van der Waals surface area (Å²) in [7, 11) is 0. The zero-order valence-corrected chi connectivity index (χ0v) is 9.72. The van der Waals surface area contributed by atoms with Crippen LogP contribution in [0.1, 0.15) is 11.1 Å². The molecule has 1 aliphatic heterocycles. The van der Waals surface area contributed by atoms with E-state index in [9.17, 15) is 0 Å². The summed E-state index contributed by atoms with van der Waals surface area (Å²) < 4.78 is 0. The lowest BCUT2D eigenvalue weighted by atomic mass is 9.99. The van der Waals surface area contributed by atoms with E-state index in [0.717, 1.165) is 17.4 Å². The van der Waals surface area contributed by atoms with E-state index in [-0.39, 0.29) is 0 Å². The van der Waals surface area contributed by atoms with Crippen LogP contribution in [-0.4, -0.2) is 9.97 Å². The van der Waals surface area contributed by atoms with E-state index < -0.39 is 0 Å². The monoisotopic (exact) mass is 233 g/mol. The van der Waals surface area contributed by atoms with Crippen molar-refractivity contribution in [2.45, 2.75) is 6.54 Å². The van der Waals surface area contributed by atoms with Gasteiger partial charge in [-0.25, -0.2) is 0 Å². The maximum absolute atomic E-state index is 4.61. The second-order valence-corrected chi connectivity index (χ2v) is 4.47. The molecule has 0 unspecified atom stereocenters. The van der Waals surface area contributed by atoms with Gasteiger partial charge in [0, 0.05) is 35.9 Å². The van der Waals surface area contributed by atoms with Gasteiger partial charge in [0.25, 0.3) is 0 Å². The maximum Gasteiger partial charge on any atom is 0.0802 e. The van der Waals surface area contributed by atoms with Gasteiger partial charge in [0.1, 0.15) is 0 Å². The first kappa shape index (κ1) is 9.59. The molecule has 3 aromatic rings. The summed E-state index contributed by atoms with van der Waals surface area (Å²) in [6.45, 7) is 0.847. The third-order valence-electron chi connectivity index (χ3n) is 3.44. The molecule has 0 fully saturated rings. The molecule has 0 aliphatic carbocycles. The number of pyridine rings is 2. The van der Waals surface area contributed by atoms with Crippen LogP contribution in [0.25, 0.3) is 27.8 Å². The Hall–Kier alpha value is -2.42. The van der Waals surface area contributed by atoms with Crippen LogP contribution in [0.2, 0.25) is 0 Å². The van der Waals surface area contributed by atoms with Crippen LogP contribution < -0.4 is 5.32 Å². The van der Waals surface area contributed by atoms with Gasteiger partial charge in [0.15, 0.2) is 0 Å². The van der Waals surface area contributed by atoms with Gasteiger partial charge >= 0.3 is 0 Å². The van der Waals surface area contributed by atoms with E-state index in [4.69, 9.17) is 0 Å². The van der Waals surface area contributed by atoms with Crippen molar-refractivity contribution in [1.29, 1.82) is 0 Å². The lowest BCUT2D eigenvalue weighted by molar-refractivity contribution is 0.856. The molecule has 1 aliphatic rings. The number of aromatic nitrogens is 2. The molecule has 1 N–H and O–H groups in total. The highest BCUT2D eigenvalue weighted by molar-refractivity contribution is 6.07. The van der Waals surface area contributed by atoms with Gasteiger partial charge in [-0.2, -0.15) is 0 Å². The minimum atomic E-state index is 0.847. The van der Waals surface area contributed by atoms with Crippen molar-refractivity contribution < 1.29 is 0 Å². The Labute approximate surface area is 104 Å². The van der Waals surface area contributed by atoms with E-state index in [1.54, 1.807) is 0 Å². The smallest absolute Gasteiger partial charge is 0.0802 e. The van der Waals surface area contributed by atoms with Crippen molar-refractivity contribution >= 4 is 27.8 Å². The predicted octanol–water partition coefficient (Wildman–Crippen LogP) is 2.86. The lowest BCUT2D eigenvalue weighted by Gasteiger charge is -2.14. The molecule has 18 heavy (non-hydrogen) atoms.